The van der Waals surface area contributed by atoms with Crippen molar-refractivity contribution in [1.29, 1.82) is 0 Å². The molecule has 0 bridgehead atoms. The van der Waals surface area contributed by atoms with Crippen molar-refractivity contribution < 1.29 is 14.0 Å². The number of anilines is 1. The molecule has 0 spiro atoms. The zero-order valence-corrected chi connectivity index (χ0v) is 15.7. The fraction of sp³-hybridized carbons (Fsp3) is 0.130. The molecular formula is C23H20N2O3. The number of hydrogen-bond acceptors (Lipinski definition) is 3. The van der Waals surface area contributed by atoms with Gasteiger partial charge in [-0.05, 0) is 30.0 Å². The van der Waals surface area contributed by atoms with Gasteiger partial charge in [0.1, 0.15) is 5.58 Å². The number of carbonyl (C=O) groups is 2. The van der Waals surface area contributed by atoms with E-state index >= 15 is 0 Å². The van der Waals surface area contributed by atoms with Crippen LogP contribution in [0.5, 0.6) is 0 Å². The van der Waals surface area contributed by atoms with Crippen molar-refractivity contribution in [3.05, 3.63) is 77.6 Å². The van der Waals surface area contributed by atoms with E-state index in [4.69, 9.17) is 4.42 Å². The Morgan fingerprint density at radius 3 is 2.43 bits per heavy atom. The van der Waals surface area contributed by atoms with Crippen LogP contribution >= 0.6 is 0 Å². The fourth-order valence-electron chi connectivity index (χ4n) is 3.33. The third-order valence-electron chi connectivity index (χ3n) is 4.89. The SMILES string of the molecule is CNC(=O)Cc1ccc(NC(=O)c2oc3c(ccc4ccccc43)c2C)cc1. The van der Waals surface area contributed by atoms with E-state index < -0.39 is 0 Å². The van der Waals surface area contributed by atoms with E-state index in [0.29, 0.717) is 17.9 Å². The molecule has 140 valence electrons. The molecule has 0 unspecified atom stereocenters. The van der Waals surface area contributed by atoms with Gasteiger partial charge in [-0.1, -0.05) is 48.5 Å². The number of rotatable bonds is 4. The highest BCUT2D eigenvalue weighted by atomic mass is 16.3. The Morgan fingerprint density at radius 1 is 0.929 bits per heavy atom. The molecule has 0 radical (unpaired) electrons. The molecule has 28 heavy (non-hydrogen) atoms. The van der Waals surface area contributed by atoms with Crippen LogP contribution in [0.4, 0.5) is 5.69 Å². The molecule has 0 aliphatic carbocycles. The zero-order chi connectivity index (χ0) is 19.7. The molecule has 0 aliphatic rings. The van der Waals surface area contributed by atoms with E-state index in [-0.39, 0.29) is 11.8 Å². The van der Waals surface area contributed by atoms with E-state index in [0.717, 1.165) is 32.9 Å². The van der Waals surface area contributed by atoms with Crippen molar-refractivity contribution in [2.45, 2.75) is 13.3 Å². The lowest BCUT2D eigenvalue weighted by atomic mass is 10.1. The second-order valence-corrected chi connectivity index (χ2v) is 6.72. The summed E-state index contributed by atoms with van der Waals surface area (Å²) >= 11 is 0. The van der Waals surface area contributed by atoms with Gasteiger partial charge in [0.2, 0.25) is 5.91 Å². The molecule has 5 nitrogen and oxygen atoms in total. The number of hydrogen-bond donors (Lipinski definition) is 2. The molecule has 0 aliphatic heterocycles. The first-order valence-corrected chi connectivity index (χ1v) is 9.08. The number of fused-ring (bicyclic) bond motifs is 3. The Labute approximate surface area is 162 Å². The van der Waals surface area contributed by atoms with Gasteiger partial charge >= 0.3 is 0 Å². The third kappa shape index (κ3) is 3.22. The molecule has 1 aromatic heterocycles. The number of likely N-dealkylation sites (N-methyl/N-ethyl adjacent to an activating group) is 1. The van der Waals surface area contributed by atoms with E-state index in [2.05, 4.69) is 10.6 Å². The normalized spacial score (nSPS) is 10.9. The van der Waals surface area contributed by atoms with Gasteiger partial charge < -0.3 is 15.1 Å². The van der Waals surface area contributed by atoms with E-state index in [1.54, 1.807) is 19.2 Å². The van der Waals surface area contributed by atoms with Gasteiger partial charge in [-0.2, -0.15) is 0 Å². The summed E-state index contributed by atoms with van der Waals surface area (Å²) in [6, 6.07) is 19.2. The predicted octanol–water partition coefficient (Wildman–Crippen LogP) is 4.44. The molecule has 4 rings (SSSR count). The average molecular weight is 372 g/mol. The monoisotopic (exact) mass is 372 g/mol. The van der Waals surface area contributed by atoms with Crippen molar-refractivity contribution >= 4 is 39.2 Å². The molecule has 2 amide bonds. The highest BCUT2D eigenvalue weighted by molar-refractivity contribution is 6.11. The smallest absolute Gasteiger partial charge is 0.291 e. The van der Waals surface area contributed by atoms with Crippen molar-refractivity contribution in [1.82, 2.24) is 5.32 Å². The molecule has 1 heterocycles. The average Bonchev–Trinajstić information content (AvgIpc) is 3.06. The molecule has 5 heteroatoms. The topological polar surface area (TPSA) is 71.3 Å². The minimum Gasteiger partial charge on any atom is -0.450 e. The third-order valence-corrected chi connectivity index (χ3v) is 4.89. The molecule has 4 aromatic rings. The lowest BCUT2D eigenvalue weighted by molar-refractivity contribution is -0.119. The van der Waals surface area contributed by atoms with Crippen LogP contribution in [0.25, 0.3) is 21.7 Å². The second kappa shape index (κ2) is 7.19. The maximum absolute atomic E-state index is 12.8. The second-order valence-electron chi connectivity index (χ2n) is 6.72. The van der Waals surface area contributed by atoms with Gasteiger partial charge in [-0.25, -0.2) is 0 Å². The summed E-state index contributed by atoms with van der Waals surface area (Å²) in [6.45, 7) is 1.89. The van der Waals surface area contributed by atoms with Crippen LogP contribution in [0.2, 0.25) is 0 Å². The van der Waals surface area contributed by atoms with E-state index in [1.807, 2.05) is 55.5 Å². The molecule has 3 aromatic carbocycles. The number of carbonyl (C=O) groups excluding carboxylic acids is 2. The molecule has 0 saturated carbocycles. The van der Waals surface area contributed by atoms with Gasteiger partial charge in [-0.3, -0.25) is 9.59 Å². The molecule has 2 N–H and O–H groups in total. The number of nitrogens with one attached hydrogen (secondary N) is 2. The van der Waals surface area contributed by atoms with Crippen LogP contribution in [-0.4, -0.2) is 18.9 Å². The van der Waals surface area contributed by atoms with Gasteiger partial charge in [0.15, 0.2) is 5.76 Å². The first kappa shape index (κ1) is 17.8. The highest BCUT2D eigenvalue weighted by Crippen LogP contribution is 2.32. The van der Waals surface area contributed by atoms with Crippen LogP contribution in [0, 0.1) is 6.92 Å². The number of amides is 2. The first-order valence-electron chi connectivity index (χ1n) is 9.08. The Bertz CT molecular complexity index is 1190. The maximum Gasteiger partial charge on any atom is 0.291 e. The van der Waals surface area contributed by atoms with Crippen LogP contribution in [0.3, 0.4) is 0 Å². The Kier molecular flexibility index (Phi) is 4.57. The zero-order valence-electron chi connectivity index (χ0n) is 15.7. The maximum atomic E-state index is 12.8. The van der Waals surface area contributed by atoms with Gasteiger partial charge in [0, 0.05) is 29.1 Å². The molecular weight excluding hydrogens is 352 g/mol. The fourth-order valence-corrected chi connectivity index (χ4v) is 3.33. The van der Waals surface area contributed by atoms with Crippen molar-refractivity contribution in [3.8, 4) is 0 Å². The Morgan fingerprint density at radius 2 is 1.68 bits per heavy atom. The van der Waals surface area contributed by atoms with E-state index in [1.165, 1.54) is 0 Å². The Balaban J connectivity index is 1.61. The summed E-state index contributed by atoms with van der Waals surface area (Å²) in [5.41, 5.74) is 3.07. The van der Waals surface area contributed by atoms with Crippen molar-refractivity contribution in [3.63, 3.8) is 0 Å². The lowest BCUT2D eigenvalue weighted by Crippen LogP contribution is -2.19. The largest absolute Gasteiger partial charge is 0.450 e. The quantitative estimate of drug-likeness (QED) is 0.556. The minimum atomic E-state index is -0.295. The number of furan rings is 1. The summed E-state index contributed by atoms with van der Waals surface area (Å²) < 4.78 is 5.97. The summed E-state index contributed by atoms with van der Waals surface area (Å²) in [5.74, 6) is -0.0421. The van der Waals surface area contributed by atoms with Gasteiger partial charge in [0.05, 0.1) is 6.42 Å². The van der Waals surface area contributed by atoms with Crippen LogP contribution in [0.1, 0.15) is 21.7 Å². The summed E-state index contributed by atoms with van der Waals surface area (Å²) in [6.07, 6.45) is 0.306. The predicted molar refractivity (Wildman–Crippen MR) is 111 cm³/mol. The van der Waals surface area contributed by atoms with Crippen molar-refractivity contribution in [2.24, 2.45) is 0 Å². The minimum absolute atomic E-state index is 0.0538. The van der Waals surface area contributed by atoms with Crippen molar-refractivity contribution in [2.75, 3.05) is 12.4 Å². The van der Waals surface area contributed by atoms with Gasteiger partial charge in [0.25, 0.3) is 5.91 Å². The molecule has 0 saturated heterocycles. The highest BCUT2D eigenvalue weighted by Gasteiger charge is 2.19. The lowest BCUT2D eigenvalue weighted by Gasteiger charge is -2.05. The number of benzene rings is 3. The van der Waals surface area contributed by atoms with Gasteiger partial charge in [-0.15, -0.1) is 0 Å². The van der Waals surface area contributed by atoms with E-state index in [9.17, 15) is 9.59 Å². The standard InChI is InChI=1S/C23H20N2O3/c1-14-18-12-9-16-5-3-4-6-19(16)22(18)28-21(14)23(27)25-17-10-7-15(8-11-17)13-20(26)24-2/h3-12H,13H2,1-2H3,(H,24,26)(H,25,27). The summed E-state index contributed by atoms with van der Waals surface area (Å²) in [7, 11) is 1.61. The van der Waals surface area contributed by atoms with Crippen LogP contribution in [0.15, 0.2) is 65.1 Å². The van der Waals surface area contributed by atoms with Crippen LogP contribution < -0.4 is 10.6 Å². The molecule has 0 atom stereocenters. The summed E-state index contributed by atoms with van der Waals surface area (Å²) in [4.78, 5) is 24.2. The molecule has 0 fully saturated rings. The summed E-state index contributed by atoms with van der Waals surface area (Å²) in [5, 5.41) is 8.46. The number of aryl methyl sites for hydroxylation is 1. The van der Waals surface area contributed by atoms with Crippen LogP contribution in [-0.2, 0) is 11.2 Å². The first-order chi connectivity index (χ1) is 13.6. The Hall–Kier alpha value is -3.60.